The number of hydrogen-bond donors (Lipinski definition) is 1. The zero-order chi connectivity index (χ0) is 13.1. The summed E-state index contributed by atoms with van der Waals surface area (Å²) in [6.07, 6.45) is 0.473. The number of methoxy groups -OCH3 is 1. The lowest BCUT2D eigenvalue weighted by Crippen LogP contribution is -2.33. The van der Waals surface area contributed by atoms with Crippen molar-refractivity contribution in [1.82, 2.24) is 0 Å². The number of esters is 1. The highest BCUT2D eigenvalue weighted by Gasteiger charge is 2.15. The lowest BCUT2D eigenvalue weighted by Gasteiger charge is -2.12. The maximum atomic E-state index is 11.4. The third-order valence-electron chi connectivity index (χ3n) is 2.90. The summed E-state index contributed by atoms with van der Waals surface area (Å²) in [6.45, 7) is 0. The Morgan fingerprint density at radius 1 is 1.28 bits per heavy atom. The average molecular weight is 308 g/mol. The second-order valence-corrected chi connectivity index (χ2v) is 4.94. The number of halogens is 1. The van der Waals surface area contributed by atoms with Crippen LogP contribution in [0.3, 0.4) is 0 Å². The van der Waals surface area contributed by atoms with Crippen molar-refractivity contribution in [2.75, 3.05) is 7.11 Å². The van der Waals surface area contributed by atoms with Gasteiger partial charge in [0.15, 0.2) is 0 Å². The second-order valence-electron chi connectivity index (χ2n) is 4.09. The highest BCUT2D eigenvalue weighted by atomic mass is 79.9. The lowest BCUT2D eigenvalue weighted by molar-refractivity contribution is -0.142. The van der Waals surface area contributed by atoms with E-state index in [-0.39, 0.29) is 5.97 Å². The number of benzene rings is 2. The molecule has 0 saturated heterocycles. The topological polar surface area (TPSA) is 52.3 Å². The molecule has 18 heavy (non-hydrogen) atoms. The van der Waals surface area contributed by atoms with Crippen molar-refractivity contribution in [1.29, 1.82) is 0 Å². The molecule has 2 aromatic rings. The van der Waals surface area contributed by atoms with Crippen LogP contribution < -0.4 is 5.73 Å². The van der Waals surface area contributed by atoms with Crippen LogP contribution in [0.5, 0.6) is 0 Å². The van der Waals surface area contributed by atoms with Gasteiger partial charge in [-0.1, -0.05) is 46.3 Å². The van der Waals surface area contributed by atoms with Gasteiger partial charge in [-0.05, 0) is 28.8 Å². The number of hydrogen-bond acceptors (Lipinski definition) is 3. The number of fused-ring (bicyclic) bond motifs is 1. The first-order chi connectivity index (χ1) is 8.63. The predicted octanol–water partition coefficient (Wildman–Crippen LogP) is 2.65. The highest BCUT2D eigenvalue weighted by molar-refractivity contribution is 9.10. The van der Waals surface area contributed by atoms with Crippen molar-refractivity contribution in [2.45, 2.75) is 12.5 Å². The van der Waals surface area contributed by atoms with E-state index in [1.807, 2.05) is 36.4 Å². The lowest BCUT2D eigenvalue weighted by atomic mass is 9.99. The molecular formula is C14H14BrNO2. The van der Waals surface area contributed by atoms with E-state index >= 15 is 0 Å². The molecule has 0 aromatic heterocycles. The SMILES string of the molecule is COC(=O)[C@@H](N)Cc1ccc(Br)c2ccccc12. The van der Waals surface area contributed by atoms with E-state index in [1.165, 1.54) is 7.11 Å². The van der Waals surface area contributed by atoms with Crippen LogP contribution in [0.1, 0.15) is 5.56 Å². The monoisotopic (exact) mass is 307 g/mol. The Balaban J connectivity index is 2.40. The molecule has 3 nitrogen and oxygen atoms in total. The van der Waals surface area contributed by atoms with Gasteiger partial charge in [0.25, 0.3) is 0 Å². The van der Waals surface area contributed by atoms with Crippen LogP contribution in [0.15, 0.2) is 40.9 Å². The first-order valence-corrected chi connectivity index (χ1v) is 6.42. The van der Waals surface area contributed by atoms with Gasteiger partial charge >= 0.3 is 5.97 Å². The molecule has 0 heterocycles. The van der Waals surface area contributed by atoms with E-state index in [0.717, 1.165) is 20.8 Å². The Labute approximate surface area is 114 Å². The fourth-order valence-corrected chi connectivity index (χ4v) is 2.45. The van der Waals surface area contributed by atoms with Gasteiger partial charge in [0.2, 0.25) is 0 Å². The summed E-state index contributed by atoms with van der Waals surface area (Å²) in [5.41, 5.74) is 6.85. The van der Waals surface area contributed by atoms with Gasteiger partial charge in [-0.25, -0.2) is 0 Å². The molecule has 4 heteroatoms. The van der Waals surface area contributed by atoms with E-state index < -0.39 is 6.04 Å². The Kier molecular flexibility index (Phi) is 3.99. The van der Waals surface area contributed by atoms with Gasteiger partial charge in [0.05, 0.1) is 7.11 Å². The third kappa shape index (κ3) is 2.54. The molecule has 0 unspecified atom stereocenters. The number of nitrogens with two attached hydrogens (primary N) is 1. The molecule has 0 radical (unpaired) electrons. The van der Waals surface area contributed by atoms with Gasteiger partial charge < -0.3 is 10.5 Å². The summed E-state index contributed by atoms with van der Waals surface area (Å²) < 4.78 is 5.68. The van der Waals surface area contributed by atoms with E-state index in [2.05, 4.69) is 20.7 Å². The molecule has 0 bridgehead atoms. The highest BCUT2D eigenvalue weighted by Crippen LogP contribution is 2.27. The van der Waals surface area contributed by atoms with Crippen LogP contribution in [-0.4, -0.2) is 19.1 Å². The molecule has 0 fully saturated rings. The first kappa shape index (κ1) is 13.1. The Hall–Kier alpha value is -1.39. The van der Waals surface area contributed by atoms with Crippen molar-refractivity contribution < 1.29 is 9.53 Å². The molecule has 0 aliphatic heterocycles. The molecule has 1 atom stereocenters. The molecule has 0 amide bonds. The zero-order valence-electron chi connectivity index (χ0n) is 10.0. The van der Waals surface area contributed by atoms with Crippen LogP contribution in [-0.2, 0) is 16.0 Å². The van der Waals surface area contributed by atoms with Crippen molar-refractivity contribution in [3.8, 4) is 0 Å². The molecule has 0 aliphatic rings. The minimum atomic E-state index is -0.625. The maximum Gasteiger partial charge on any atom is 0.322 e. The summed E-state index contributed by atoms with van der Waals surface area (Å²) in [5, 5.41) is 2.22. The average Bonchev–Trinajstić information content (AvgIpc) is 2.41. The van der Waals surface area contributed by atoms with Crippen molar-refractivity contribution in [3.05, 3.63) is 46.4 Å². The molecule has 0 saturated carbocycles. The maximum absolute atomic E-state index is 11.4. The standard InChI is InChI=1S/C14H14BrNO2/c1-18-14(17)13(16)8-9-6-7-12(15)11-5-3-2-4-10(9)11/h2-7,13H,8,16H2,1H3/t13-/m0/s1. The van der Waals surface area contributed by atoms with Gasteiger partial charge in [0, 0.05) is 4.47 Å². The summed E-state index contributed by atoms with van der Waals surface area (Å²) in [6, 6.07) is 11.3. The summed E-state index contributed by atoms with van der Waals surface area (Å²) in [7, 11) is 1.35. The van der Waals surface area contributed by atoms with Gasteiger partial charge in [0.1, 0.15) is 6.04 Å². The summed E-state index contributed by atoms with van der Waals surface area (Å²) in [4.78, 5) is 11.4. The van der Waals surface area contributed by atoms with Crippen LogP contribution in [0.2, 0.25) is 0 Å². The minimum Gasteiger partial charge on any atom is -0.468 e. The summed E-state index contributed by atoms with van der Waals surface area (Å²) in [5.74, 6) is -0.387. The molecule has 2 aromatic carbocycles. The fraction of sp³-hybridized carbons (Fsp3) is 0.214. The van der Waals surface area contributed by atoms with E-state index in [9.17, 15) is 4.79 Å². The smallest absolute Gasteiger partial charge is 0.322 e. The van der Waals surface area contributed by atoms with Gasteiger partial charge in [-0.2, -0.15) is 0 Å². The Morgan fingerprint density at radius 3 is 2.61 bits per heavy atom. The second kappa shape index (κ2) is 5.50. The van der Waals surface area contributed by atoms with E-state index in [0.29, 0.717) is 6.42 Å². The van der Waals surface area contributed by atoms with Gasteiger partial charge in [-0.15, -0.1) is 0 Å². The van der Waals surface area contributed by atoms with Crippen molar-refractivity contribution in [2.24, 2.45) is 5.73 Å². The normalized spacial score (nSPS) is 12.4. The molecular weight excluding hydrogens is 294 g/mol. The van der Waals surface area contributed by atoms with Crippen LogP contribution in [0, 0.1) is 0 Å². The van der Waals surface area contributed by atoms with Gasteiger partial charge in [-0.3, -0.25) is 4.79 Å². The number of carbonyl (C=O) groups excluding carboxylic acids is 1. The molecule has 94 valence electrons. The number of carbonyl (C=O) groups is 1. The predicted molar refractivity (Wildman–Crippen MR) is 75.3 cm³/mol. The van der Waals surface area contributed by atoms with Crippen molar-refractivity contribution >= 4 is 32.7 Å². The van der Waals surface area contributed by atoms with E-state index in [4.69, 9.17) is 5.73 Å². The van der Waals surface area contributed by atoms with E-state index in [1.54, 1.807) is 0 Å². The van der Waals surface area contributed by atoms with Crippen LogP contribution >= 0.6 is 15.9 Å². The van der Waals surface area contributed by atoms with Crippen LogP contribution in [0.25, 0.3) is 10.8 Å². The minimum absolute atomic E-state index is 0.387. The number of ether oxygens (including phenoxy) is 1. The molecule has 2 N–H and O–H groups in total. The largest absolute Gasteiger partial charge is 0.468 e. The molecule has 0 spiro atoms. The first-order valence-electron chi connectivity index (χ1n) is 5.63. The molecule has 2 rings (SSSR count). The summed E-state index contributed by atoms with van der Waals surface area (Å²) >= 11 is 3.52. The van der Waals surface area contributed by atoms with Crippen LogP contribution in [0.4, 0.5) is 0 Å². The van der Waals surface area contributed by atoms with Crippen molar-refractivity contribution in [3.63, 3.8) is 0 Å². The fourth-order valence-electron chi connectivity index (χ4n) is 1.97. The number of rotatable bonds is 3. The third-order valence-corrected chi connectivity index (χ3v) is 3.60. The zero-order valence-corrected chi connectivity index (χ0v) is 11.6. The quantitative estimate of drug-likeness (QED) is 0.887. The Bertz CT molecular complexity index is 583. The molecule has 0 aliphatic carbocycles. The Morgan fingerprint density at radius 2 is 1.94 bits per heavy atom.